The molecule has 1 N–H and O–H groups in total. The first-order chi connectivity index (χ1) is 15.0. The van der Waals surface area contributed by atoms with Gasteiger partial charge in [-0.1, -0.05) is 12.1 Å². The van der Waals surface area contributed by atoms with Gasteiger partial charge in [-0.2, -0.15) is 23.4 Å². The van der Waals surface area contributed by atoms with Crippen molar-refractivity contribution in [3.05, 3.63) is 64.2 Å². The van der Waals surface area contributed by atoms with Crippen molar-refractivity contribution < 1.29 is 18.0 Å². The van der Waals surface area contributed by atoms with E-state index in [0.717, 1.165) is 17.2 Å². The summed E-state index contributed by atoms with van der Waals surface area (Å²) >= 11 is 0. The third-order valence-electron chi connectivity index (χ3n) is 5.50. The fourth-order valence-corrected chi connectivity index (χ4v) is 3.47. The molecule has 0 saturated heterocycles. The molecule has 0 fully saturated rings. The molecule has 1 amide bonds. The molecule has 10 heteroatoms. The zero-order chi connectivity index (χ0) is 23.4. The number of halogens is 3. The lowest BCUT2D eigenvalue weighted by molar-refractivity contribution is -0.142. The quantitative estimate of drug-likeness (QED) is 0.502. The number of hydrogen-bond acceptors (Lipinski definition) is 4. The summed E-state index contributed by atoms with van der Waals surface area (Å²) in [5.74, 6) is -0.643. The fraction of sp³-hybridized carbons (Fsp3) is 0.273. The van der Waals surface area contributed by atoms with E-state index in [2.05, 4.69) is 20.5 Å². The van der Waals surface area contributed by atoms with Crippen molar-refractivity contribution in [1.82, 2.24) is 24.4 Å². The second-order valence-electron chi connectivity index (χ2n) is 7.75. The van der Waals surface area contributed by atoms with Gasteiger partial charge < -0.3 is 5.32 Å². The van der Waals surface area contributed by atoms with Crippen LogP contribution in [0.25, 0.3) is 16.9 Å². The Balaban J connectivity index is 1.81. The lowest BCUT2D eigenvalue weighted by Crippen LogP contribution is -2.16. The molecule has 0 aliphatic carbocycles. The van der Waals surface area contributed by atoms with Crippen LogP contribution < -0.4 is 5.32 Å². The van der Waals surface area contributed by atoms with Gasteiger partial charge in [0, 0.05) is 18.7 Å². The lowest BCUT2D eigenvalue weighted by atomic mass is 10.0. The molecule has 32 heavy (non-hydrogen) atoms. The van der Waals surface area contributed by atoms with E-state index in [1.54, 1.807) is 37.7 Å². The molecule has 1 aromatic carbocycles. The van der Waals surface area contributed by atoms with Crippen molar-refractivity contribution in [2.75, 3.05) is 5.32 Å². The summed E-state index contributed by atoms with van der Waals surface area (Å²) in [6.45, 7) is 7.31. The van der Waals surface area contributed by atoms with Gasteiger partial charge in [0.05, 0.1) is 22.8 Å². The molecule has 0 saturated carbocycles. The van der Waals surface area contributed by atoms with Gasteiger partial charge in [0.2, 0.25) is 0 Å². The van der Waals surface area contributed by atoms with Crippen LogP contribution in [0.1, 0.15) is 38.7 Å². The lowest BCUT2D eigenvalue weighted by Gasteiger charge is -2.11. The van der Waals surface area contributed by atoms with Crippen LogP contribution in [0.4, 0.5) is 18.9 Å². The molecule has 0 aliphatic heterocycles. The van der Waals surface area contributed by atoms with Gasteiger partial charge in [-0.15, -0.1) is 0 Å². The standard InChI is InChI=1S/C22H21F3N6O/c1-11-6-7-15(8-12(11)2)16-9-18(22(23,24)25)31-19(26-16)10-17(29-31)21(32)27-20-13(3)28-30(5)14(20)4/h6-10H,1-5H3,(H,27,32). The van der Waals surface area contributed by atoms with Crippen LogP contribution in [0.15, 0.2) is 30.3 Å². The highest BCUT2D eigenvalue weighted by molar-refractivity contribution is 6.04. The van der Waals surface area contributed by atoms with Crippen LogP contribution >= 0.6 is 0 Å². The van der Waals surface area contributed by atoms with Gasteiger partial charge in [-0.05, 0) is 51.0 Å². The highest BCUT2D eigenvalue weighted by Gasteiger charge is 2.35. The molecule has 3 heterocycles. The maximum atomic E-state index is 13.8. The van der Waals surface area contributed by atoms with Crippen molar-refractivity contribution in [2.45, 2.75) is 33.9 Å². The number of amides is 1. The van der Waals surface area contributed by atoms with Crippen molar-refractivity contribution in [3.63, 3.8) is 0 Å². The molecule has 7 nitrogen and oxygen atoms in total. The SMILES string of the molecule is Cc1ccc(-c2cc(C(F)(F)F)n3nc(C(=O)Nc4c(C)nn(C)c4C)cc3n2)cc1C. The number of anilines is 1. The van der Waals surface area contributed by atoms with Crippen LogP contribution in [0.5, 0.6) is 0 Å². The molecule has 0 bridgehead atoms. The summed E-state index contributed by atoms with van der Waals surface area (Å²) in [5.41, 5.74) is 3.20. The Morgan fingerprint density at radius 3 is 2.31 bits per heavy atom. The van der Waals surface area contributed by atoms with E-state index in [1.807, 2.05) is 19.9 Å². The van der Waals surface area contributed by atoms with Crippen LogP contribution in [0.2, 0.25) is 0 Å². The van der Waals surface area contributed by atoms with E-state index >= 15 is 0 Å². The summed E-state index contributed by atoms with van der Waals surface area (Å²) in [5, 5.41) is 10.8. The number of hydrogen-bond donors (Lipinski definition) is 1. The smallest absolute Gasteiger partial charge is 0.317 e. The molecular formula is C22H21F3N6O. The minimum absolute atomic E-state index is 0.0715. The fourth-order valence-electron chi connectivity index (χ4n) is 3.47. The maximum Gasteiger partial charge on any atom is 0.433 e. The number of fused-ring (bicyclic) bond motifs is 1. The number of alkyl halides is 3. The molecule has 4 aromatic rings. The summed E-state index contributed by atoms with van der Waals surface area (Å²) in [6.07, 6.45) is -4.69. The van der Waals surface area contributed by atoms with E-state index in [0.29, 0.717) is 27.2 Å². The molecular weight excluding hydrogens is 421 g/mol. The van der Waals surface area contributed by atoms with Crippen LogP contribution in [0, 0.1) is 27.7 Å². The van der Waals surface area contributed by atoms with Crippen molar-refractivity contribution in [1.29, 1.82) is 0 Å². The first-order valence-corrected chi connectivity index (χ1v) is 9.83. The van der Waals surface area contributed by atoms with Gasteiger partial charge in [0.1, 0.15) is 0 Å². The minimum Gasteiger partial charge on any atom is -0.317 e. The highest BCUT2D eigenvalue weighted by Crippen LogP contribution is 2.33. The van der Waals surface area contributed by atoms with Crippen molar-refractivity contribution in [3.8, 4) is 11.3 Å². The minimum atomic E-state index is -4.69. The van der Waals surface area contributed by atoms with Crippen molar-refractivity contribution in [2.24, 2.45) is 7.05 Å². The van der Waals surface area contributed by atoms with Gasteiger partial charge in [0.15, 0.2) is 17.0 Å². The number of nitrogens with zero attached hydrogens (tertiary/aromatic N) is 5. The Kier molecular flexibility index (Phi) is 5.03. The third kappa shape index (κ3) is 3.72. The average Bonchev–Trinajstić information content (AvgIpc) is 3.25. The predicted octanol–water partition coefficient (Wildman–Crippen LogP) is 4.63. The first-order valence-electron chi connectivity index (χ1n) is 9.83. The number of nitrogens with one attached hydrogen (secondary N) is 1. The Morgan fingerprint density at radius 1 is 1.00 bits per heavy atom. The molecule has 0 spiro atoms. The number of carbonyl (C=O) groups is 1. The molecule has 0 unspecified atom stereocenters. The zero-order valence-electron chi connectivity index (χ0n) is 18.2. The number of benzene rings is 1. The van der Waals surface area contributed by atoms with Gasteiger partial charge >= 0.3 is 6.18 Å². The second-order valence-corrected chi connectivity index (χ2v) is 7.75. The molecule has 0 radical (unpaired) electrons. The summed E-state index contributed by atoms with van der Waals surface area (Å²) in [4.78, 5) is 17.1. The third-order valence-corrected chi connectivity index (χ3v) is 5.50. The molecule has 0 atom stereocenters. The number of aryl methyl sites for hydroxylation is 4. The first kappa shape index (κ1) is 21.5. The van der Waals surface area contributed by atoms with Crippen LogP contribution in [0.3, 0.4) is 0 Å². The second kappa shape index (κ2) is 7.47. The molecule has 3 aromatic heterocycles. The summed E-state index contributed by atoms with van der Waals surface area (Å²) < 4.78 is 43.7. The Hall–Kier alpha value is -3.69. The number of carbonyl (C=O) groups excluding carboxylic acids is 1. The van der Waals surface area contributed by atoms with E-state index in [9.17, 15) is 18.0 Å². The highest BCUT2D eigenvalue weighted by atomic mass is 19.4. The van der Waals surface area contributed by atoms with Crippen molar-refractivity contribution >= 4 is 17.2 Å². The molecule has 0 aliphatic rings. The Morgan fingerprint density at radius 2 is 1.72 bits per heavy atom. The Labute approximate surface area is 181 Å². The Bertz CT molecular complexity index is 1370. The average molecular weight is 442 g/mol. The largest absolute Gasteiger partial charge is 0.433 e. The number of aromatic nitrogens is 5. The molecule has 4 rings (SSSR count). The molecule has 166 valence electrons. The normalized spacial score (nSPS) is 11.9. The van der Waals surface area contributed by atoms with Crippen LogP contribution in [-0.2, 0) is 13.2 Å². The van der Waals surface area contributed by atoms with E-state index in [4.69, 9.17) is 0 Å². The van der Waals surface area contributed by atoms with E-state index < -0.39 is 17.8 Å². The predicted molar refractivity (Wildman–Crippen MR) is 114 cm³/mol. The van der Waals surface area contributed by atoms with E-state index in [-0.39, 0.29) is 17.0 Å². The van der Waals surface area contributed by atoms with E-state index in [1.165, 1.54) is 6.07 Å². The topological polar surface area (TPSA) is 77.1 Å². The zero-order valence-corrected chi connectivity index (χ0v) is 18.2. The van der Waals surface area contributed by atoms with Gasteiger partial charge in [-0.25, -0.2) is 9.50 Å². The number of rotatable bonds is 3. The van der Waals surface area contributed by atoms with Gasteiger partial charge in [-0.3, -0.25) is 9.48 Å². The maximum absolute atomic E-state index is 13.8. The summed E-state index contributed by atoms with van der Waals surface area (Å²) in [7, 11) is 1.73. The monoisotopic (exact) mass is 442 g/mol. The van der Waals surface area contributed by atoms with Crippen LogP contribution in [-0.4, -0.2) is 30.3 Å². The van der Waals surface area contributed by atoms with Gasteiger partial charge in [0.25, 0.3) is 5.91 Å². The summed E-state index contributed by atoms with van der Waals surface area (Å²) in [6, 6.07) is 7.53.